The van der Waals surface area contributed by atoms with Gasteiger partial charge in [0.1, 0.15) is 0 Å². The molecule has 20 heavy (non-hydrogen) atoms. The molecule has 4 nitrogen and oxygen atoms in total. The lowest BCUT2D eigenvalue weighted by Crippen LogP contribution is -2.43. The number of ether oxygens (including phenoxy) is 1. The zero-order valence-corrected chi connectivity index (χ0v) is 14.7. The summed E-state index contributed by atoms with van der Waals surface area (Å²) in [4.78, 5) is 2.50. The van der Waals surface area contributed by atoms with Crippen molar-refractivity contribution in [1.29, 1.82) is 0 Å². The molecule has 0 aromatic carbocycles. The fourth-order valence-corrected chi connectivity index (χ4v) is 5.52. The van der Waals surface area contributed by atoms with Gasteiger partial charge in [0, 0.05) is 26.3 Å². The first-order valence-corrected chi connectivity index (χ1v) is 10.6. The Labute approximate surface area is 126 Å². The maximum Gasteiger partial charge on any atom is 0.337 e. The van der Waals surface area contributed by atoms with Gasteiger partial charge in [-0.2, -0.15) is 0 Å². The van der Waals surface area contributed by atoms with Gasteiger partial charge in [-0.25, -0.2) is 0 Å². The van der Waals surface area contributed by atoms with Gasteiger partial charge in [-0.05, 0) is 37.9 Å². The average Bonchev–Trinajstić information content (AvgIpc) is 2.51. The molecule has 0 unspecified atom stereocenters. The van der Waals surface area contributed by atoms with Crippen molar-refractivity contribution in [3.8, 4) is 0 Å². The molecule has 0 amide bonds. The van der Waals surface area contributed by atoms with Crippen LogP contribution in [0, 0.1) is 0 Å². The van der Waals surface area contributed by atoms with Gasteiger partial charge in [-0.15, -0.1) is 0 Å². The first-order valence-electron chi connectivity index (χ1n) is 8.34. The highest BCUT2D eigenvalue weighted by Gasteiger charge is 2.34. The lowest BCUT2D eigenvalue weighted by molar-refractivity contribution is 0.0375. The Morgan fingerprint density at radius 3 is 2.10 bits per heavy atom. The highest BCUT2D eigenvalue weighted by Crippen LogP contribution is 2.22. The third-order valence-electron chi connectivity index (χ3n) is 3.81. The zero-order chi connectivity index (χ0) is 14.7. The molecule has 0 atom stereocenters. The fraction of sp³-hybridized carbons (Fsp3) is 1.00. The second-order valence-electron chi connectivity index (χ2n) is 5.52. The summed E-state index contributed by atoms with van der Waals surface area (Å²) in [7, 11) is -1.95. The van der Waals surface area contributed by atoms with Crippen LogP contribution in [0.2, 0.25) is 12.1 Å². The predicted molar refractivity (Wildman–Crippen MR) is 85.4 cm³/mol. The molecule has 0 N–H and O–H groups in total. The van der Waals surface area contributed by atoms with Crippen molar-refractivity contribution >= 4 is 8.56 Å². The Morgan fingerprint density at radius 1 is 1.00 bits per heavy atom. The van der Waals surface area contributed by atoms with Crippen LogP contribution in [0.1, 0.15) is 40.0 Å². The van der Waals surface area contributed by atoms with Crippen LogP contribution in [-0.2, 0) is 13.6 Å². The minimum atomic E-state index is -1.95. The number of nitrogens with zero attached hydrogens (tertiary/aromatic N) is 1. The molecule has 0 bridgehead atoms. The molecular formula is C15H33NO3Si. The Hall–Kier alpha value is 0.0569. The topological polar surface area (TPSA) is 30.9 Å². The van der Waals surface area contributed by atoms with E-state index in [0.717, 1.165) is 71.0 Å². The van der Waals surface area contributed by atoms with E-state index in [9.17, 15) is 0 Å². The minimum Gasteiger partial charge on any atom is -0.394 e. The standard InChI is InChI=1S/C15H33NO3Si/c1-4-11-18-20(6-3,19-12-5-2)15-7-8-16-9-13-17-14-10-16/h4-15H2,1-3H3. The first kappa shape index (κ1) is 18.1. The lowest BCUT2D eigenvalue weighted by atomic mass is 10.3. The van der Waals surface area contributed by atoms with Gasteiger partial charge in [0.05, 0.1) is 13.2 Å². The van der Waals surface area contributed by atoms with Crippen LogP contribution in [0.3, 0.4) is 0 Å². The molecule has 0 aromatic heterocycles. The molecule has 120 valence electrons. The van der Waals surface area contributed by atoms with E-state index in [4.69, 9.17) is 13.6 Å². The van der Waals surface area contributed by atoms with E-state index >= 15 is 0 Å². The van der Waals surface area contributed by atoms with E-state index in [0.29, 0.717) is 0 Å². The summed E-state index contributed by atoms with van der Waals surface area (Å²) in [6.45, 7) is 13.3. The average molecular weight is 304 g/mol. The highest BCUT2D eigenvalue weighted by atomic mass is 28.4. The van der Waals surface area contributed by atoms with Crippen LogP contribution < -0.4 is 0 Å². The SMILES string of the molecule is CCCO[Si](CC)(CCCN1CCOCC1)OCCC. The summed E-state index contributed by atoms with van der Waals surface area (Å²) in [5, 5.41) is 0. The van der Waals surface area contributed by atoms with Gasteiger partial charge in [-0.3, -0.25) is 4.90 Å². The van der Waals surface area contributed by atoms with E-state index in [1.807, 2.05) is 0 Å². The molecule has 1 fully saturated rings. The lowest BCUT2D eigenvalue weighted by Gasteiger charge is -2.31. The van der Waals surface area contributed by atoms with Crippen molar-refractivity contribution in [3.05, 3.63) is 0 Å². The largest absolute Gasteiger partial charge is 0.394 e. The van der Waals surface area contributed by atoms with Gasteiger partial charge >= 0.3 is 8.56 Å². The molecule has 5 heteroatoms. The second-order valence-corrected chi connectivity index (χ2v) is 9.12. The summed E-state index contributed by atoms with van der Waals surface area (Å²) >= 11 is 0. The quantitative estimate of drug-likeness (QED) is 0.549. The van der Waals surface area contributed by atoms with E-state index in [1.165, 1.54) is 6.42 Å². The van der Waals surface area contributed by atoms with Crippen molar-refractivity contribution in [3.63, 3.8) is 0 Å². The van der Waals surface area contributed by atoms with Crippen LogP contribution in [0.5, 0.6) is 0 Å². The third-order valence-corrected chi connectivity index (χ3v) is 7.47. The van der Waals surface area contributed by atoms with Crippen LogP contribution in [0.25, 0.3) is 0 Å². The normalized spacial score (nSPS) is 17.6. The monoisotopic (exact) mass is 303 g/mol. The maximum atomic E-state index is 6.19. The molecule has 1 rings (SSSR count). The summed E-state index contributed by atoms with van der Waals surface area (Å²) in [5.41, 5.74) is 0. The van der Waals surface area contributed by atoms with Crippen LogP contribution in [-0.4, -0.2) is 59.5 Å². The van der Waals surface area contributed by atoms with E-state index in [-0.39, 0.29) is 0 Å². The molecule has 1 aliphatic heterocycles. The number of hydrogen-bond acceptors (Lipinski definition) is 4. The van der Waals surface area contributed by atoms with Crippen molar-refractivity contribution < 1.29 is 13.6 Å². The van der Waals surface area contributed by atoms with Gasteiger partial charge in [0.15, 0.2) is 0 Å². The third kappa shape index (κ3) is 6.67. The van der Waals surface area contributed by atoms with E-state index in [2.05, 4.69) is 25.7 Å². The first-order chi connectivity index (χ1) is 9.76. The molecule has 0 aliphatic carbocycles. The Morgan fingerprint density at radius 2 is 1.60 bits per heavy atom. The summed E-state index contributed by atoms with van der Waals surface area (Å²) in [6, 6.07) is 2.19. The van der Waals surface area contributed by atoms with Crippen molar-refractivity contribution in [2.45, 2.75) is 52.1 Å². The number of morpholine rings is 1. The Kier molecular flexibility index (Phi) is 9.72. The maximum absolute atomic E-state index is 6.19. The van der Waals surface area contributed by atoms with Gasteiger partial charge in [0.25, 0.3) is 0 Å². The summed E-state index contributed by atoms with van der Waals surface area (Å²) in [5.74, 6) is 0. The van der Waals surface area contributed by atoms with Crippen molar-refractivity contribution in [1.82, 2.24) is 4.90 Å². The summed E-state index contributed by atoms with van der Waals surface area (Å²) < 4.78 is 17.8. The molecule has 0 spiro atoms. The van der Waals surface area contributed by atoms with Gasteiger partial charge < -0.3 is 13.6 Å². The highest BCUT2D eigenvalue weighted by molar-refractivity contribution is 6.67. The molecule has 0 aromatic rings. The molecule has 1 aliphatic rings. The molecule has 1 heterocycles. The summed E-state index contributed by atoms with van der Waals surface area (Å²) in [6.07, 6.45) is 3.34. The van der Waals surface area contributed by atoms with Gasteiger partial charge in [0.2, 0.25) is 0 Å². The number of rotatable bonds is 11. The number of hydrogen-bond donors (Lipinski definition) is 0. The van der Waals surface area contributed by atoms with Crippen molar-refractivity contribution in [2.75, 3.05) is 46.1 Å². The molecule has 0 radical (unpaired) electrons. The van der Waals surface area contributed by atoms with E-state index < -0.39 is 8.56 Å². The molecule has 1 saturated heterocycles. The van der Waals surface area contributed by atoms with E-state index in [1.54, 1.807) is 0 Å². The van der Waals surface area contributed by atoms with Crippen LogP contribution in [0.4, 0.5) is 0 Å². The Bertz CT molecular complexity index is 227. The smallest absolute Gasteiger partial charge is 0.337 e. The van der Waals surface area contributed by atoms with Crippen LogP contribution >= 0.6 is 0 Å². The Balaban J connectivity index is 2.36. The second kappa shape index (κ2) is 10.7. The fourth-order valence-electron chi connectivity index (χ4n) is 2.54. The van der Waals surface area contributed by atoms with Crippen molar-refractivity contribution in [2.24, 2.45) is 0 Å². The predicted octanol–water partition coefficient (Wildman–Crippen LogP) is 3.02. The molecular weight excluding hydrogens is 270 g/mol. The molecule has 0 saturated carbocycles. The zero-order valence-electron chi connectivity index (χ0n) is 13.7. The minimum absolute atomic E-state index is 0.849. The van der Waals surface area contributed by atoms with Gasteiger partial charge in [-0.1, -0.05) is 20.8 Å². The van der Waals surface area contributed by atoms with Crippen LogP contribution in [0.15, 0.2) is 0 Å².